The first kappa shape index (κ1) is 14.1. The number of hydrogen-bond acceptors (Lipinski definition) is 3. The number of carboxylic acids is 1. The summed E-state index contributed by atoms with van der Waals surface area (Å²) < 4.78 is 5.29. The second-order valence-corrected chi connectivity index (χ2v) is 4.65. The van der Waals surface area contributed by atoms with Gasteiger partial charge in [-0.15, -0.1) is 0 Å². The van der Waals surface area contributed by atoms with E-state index >= 15 is 0 Å². The van der Waals surface area contributed by atoms with Crippen molar-refractivity contribution >= 4 is 22.8 Å². The molecule has 0 aliphatic heterocycles. The van der Waals surface area contributed by atoms with Crippen LogP contribution in [-0.2, 0) is 4.79 Å². The molecule has 1 heterocycles. The lowest BCUT2D eigenvalue weighted by molar-refractivity contribution is -0.139. The second-order valence-electron chi connectivity index (χ2n) is 4.65. The third kappa shape index (κ3) is 2.99. The monoisotopic (exact) mass is 275 g/mol. The van der Waals surface area contributed by atoms with E-state index in [4.69, 9.17) is 9.52 Å². The summed E-state index contributed by atoms with van der Waals surface area (Å²) in [6.45, 7) is 1.98. The van der Waals surface area contributed by atoms with E-state index in [0.29, 0.717) is 23.0 Å². The van der Waals surface area contributed by atoms with Gasteiger partial charge in [-0.25, -0.2) is 4.79 Å². The molecule has 2 aromatic rings. The van der Waals surface area contributed by atoms with Gasteiger partial charge in [0.25, 0.3) is 5.91 Å². The minimum Gasteiger partial charge on any atom is -0.480 e. The molecule has 0 aliphatic carbocycles. The highest BCUT2D eigenvalue weighted by Gasteiger charge is 2.22. The number of benzene rings is 1. The summed E-state index contributed by atoms with van der Waals surface area (Å²) >= 11 is 0. The SMILES string of the molecule is CCCCC(NC(=O)c1coc2ccccc12)C(=O)O. The summed E-state index contributed by atoms with van der Waals surface area (Å²) in [6.07, 6.45) is 3.42. The van der Waals surface area contributed by atoms with Crippen LogP contribution in [0.2, 0.25) is 0 Å². The van der Waals surface area contributed by atoms with Gasteiger partial charge in [0.05, 0.1) is 5.56 Å². The molecule has 1 atom stereocenters. The number of fused-ring (bicyclic) bond motifs is 1. The third-order valence-corrected chi connectivity index (χ3v) is 3.18. The van der Waals surface area contributed by atoms with Crippen LogP contribution in [0, 0.1) is 0 Å². The number of para-hydroxylation sites is 1. The molecule has 5 nitrogen and oxygen atoms in total. The van der Waals surface area contributed by atoms with Crippen LogP contribution in [0.15, 0.2) is 34.9 Å². The average molecular weight is 275 g/mol. The molecule has 0 saturated heterocycles. The quantitative estimate of drug-likeness (QED) is 0.849. The predicted molar refractivity (Wildman–Crippen MR) is 74.6 cm³/mol. The Morgan fingerprint density at radius 2 is 2.10 bits per heavy atom. The number of carboxylic acid groups (broad SMARTS) is 1. The van der Waals surface area contributed by atoms with Crippen molar-refractivity contribution in [2.24, 2.45) is 0 Å². The van der Waals surface area contributed by atoms with Crippen molar-refractivity contribution in [3.8, 4) is 0 Å². The number of aliphatic carboxylic acids is 1. The van der Waals surface area contributed by atoms with Gasteiger partial charge in [-0.1, -0.05) is 38.0 Å². The molecule has 0 aliphatic rings. The molecule has 0 saturated carbocycles. The molecule has 1 aromatic heterocycles. The molecular formula is C15H17NO4. The van der Waals surface area contributed by atoms with E-state index < -0.39 is 17.9 Å². The van der Waals surface area contributed by atoms with E-state index in [-0.39, 0.29) is 0 Å². The maximum atomic E-state index is 12.2. The molecule has 0 spiro atoms. The van der Waals surface area contributed by atoms with Crippen molar-refractivity contribution in [2.75, 3.05) is 0 Å². The maximum absolute atomic E-state index is 12.2. The average Bonchev–Trinajstić information content (AvgIpc) is 2.87. The Morgan fingerprint density at radius 1 is 1.35 bits per heavy atom. The number of carbonyl (C=O) groups excluding carboxylic acids is 1. The van der Waals surface area contributed by atoms with Crippen molar-refractivity contribution < 1.29 is 19.1 Å². The Kier molecular flexibility index (Phi) is 4.40. The zero-order valence-corrected chi connectivity index (χ0v) is 11.3. The highest BCUT2D eigenvalue weighted by molar-refractivity contribution is 6.06. The summed E-state index contributed by atoms with van der Waals surface area (Å²) in [5.74, 6) is -1.43. The van der Waals surface area contributed by atoms with E-state index in [9.17, 15) is 9.59 Å². The van der Waals surface area contributed by atoms with Gasteiger partial charge in [0.1, 0.15) is 17.9 Å². The van der Waals surface area contributed by atoms with Crippen molar-refractivity contribution in [2.45, 2.75) is 32.2 Å². The fourth-order valence-corrected chi connectivity index (χ4v) is 2.06. The van der Waals surface area contributed by atoms with Gasteiger partial charge in [0.2, 0.25) is 0 Å². The van der Waals surface area contributed by atoms with Crippen LogP contribution >= 0.6 is 0 Å². The molecular weight excluding hydrogens is 258 g/mol. The van der Waals surface area contributed by atoms with Crippen LogP contribution in [0.3, 0.4) is 0 Å². The van der Waals surface area contributed by atoms with E-state index in [2.05, 4.69) is 5.32 Å². The molecule has 2 rings (SSSR count). The van der Waals surface area contributed by atoms with Crippen LogP contribution in [0.1, 0.15) is 36.5 Å². The molecule has 106 valence electrons. The topological polar surface area (TPSA) is 79.5 Å². The largest absolute Gasteiger partial charge is 0.480 e. The minimum absolute atomic E-state index is 0.364. The Bertz CT molecular complexity index is 617. The summed E-state index contributed by atoms with van der Waals surface area (Å²) in [5.41, 5.74) is 0.974. The molecule has 5 heteroatoms. The predicted octanol–water partition coefficient (Wildman–Crippen LogP) is 2.81. The van der Waals surface area contributed by atoms with Crippen LogP contribution < -0.4 is 5.32 Å². The van der Waals surface area contributed by atoms with Crippen LogP contribution in [0.25, 0.3) is 11.0 Å². The van der Waals surface area contributed by atoms with Crippen molar-refractivity contribution in [1.82, 2.24) is 5.32 Å². The number of nitrogens with one attached hydrogen (secondary N) is 1. The van der Waals surface area contributed by atoms with Crippen molar-refractivity contribution in [3.05, 3.63) is 36.1 Å². The number of carbonyl (C=O) groups is 2. The fraction of sp³-hybridized carbons (Fsp3) is 0.333. The number of rotatable bonds is 6. The lowest BCUT2D eigenvalue weighted by Gasteiger charge is -2.13. The highest BCUT2D eigenvalue weighted by atomic mass is 16.4. The second kappa shape index (κ2) is 6.23. The molecule has 20 heavy (non-hydrogen) atoms. The summed E-state index contributed by atoms with van der Waals surface area (Å²) in [4.78, 5) is 23.3. The minimum atomic E-state index is -1.01. The number of furan rings is 1. The first-order valence-corrected chi connectivity index (χ1v) is 6.63. The molecule has 1 unspecified atom stereocenters. The molecule has 2 N–H and O–H groups in total. The maximum Gasteiger partial charge on any atom is 0.326 e. The first-order chi connectivity index (χ1) is 9.63. The van der Waals surface area contributed by atoms with E-state index in [1.54, 1.807) is 18.2 Å². The zero-order valence-electron chi connectivity index (χ0n) is 11.3. The first-order valence-electron chi connectivity index (χ1n) is 6.63. The zero-order chi connectivity index (χ0) is 14.5. The molecule has 0 fully saturated rings. The summed E-state index contributed by atoms with van der Waals surface area (Å²) in [6, 6.07) is 6.29. The van der Waals surface area contributed by atoms with Gasteiger partial charge in [-0.3, -0.25) is 4.79 Å². The van der Waals surface area contributed by atoms with Crippen molar-refractivity contribution in [3.63, 3.8) is 0 Å². The smallest absolute Gasteiger partial charge is 0.326 e. The van der Waals surface area contributed by atoms with Gasteiger partial charge < -0.3 is 14.8 Å². The van der Waals surface area contributed by atoms with Gasteiger partial charge in [0, 0.05) is 5.39 Å². The Morgan fingerprint density at radius 3 is 2.80 bits per heavy atom. The Balaban J connectivity index is 2.16. The lowest BCUT2D eigenvalue weighted by atomic mass is 10.1. The van der Waals surface area contributed by atoms with Crippen LogP contribution in [-0.4, -0.2) is 23.0 Å². The Labute approximate surface area is 116 Å². The van der Waals surface area contributed by atoms with Crippen molar-refractivity contribution in [1.29, 1.82) is 0 Å². The van der Waals surface area contributed by atoms with E-state index in [0.717, 1.165) is 12.8 Å². The van der Waals surface area contributed by atoms with Crippen LogP contribution in [0.4, 0.5) is 0 Å². The molecule has 1 amide bonds. The van der Waals surface area contributed by atoms with Crippen LogP contribution in [0.5, 0.6) is 0 Å². The molecule has 1 aromatic carbocycles. The normalized spacial score (nSPS) is 12.2. The highest BCUT2D eigenvalue weighted by Crippen LogP contribution is 2.20. The summed E-state index contributed by atoms with van der Waals surface area (Å²) in [5, 5.41) is 12.4. The molecule has 0 radical (unpaired) electrons. The Hall–Kier alpha value is -2.30. The number of hydrogen-bond donors (Lipinski definition) is 2. The number of amides is 1. The van der Waals surface area contributed by atoms with Gasteiger partial charge in [-0.05, 0) is 12.5 Å². The number of unbranched alkanes of at least 4 members (excludes halogenated alkanes) is 1. The van der Waals surface area contributed by atoms with E-state index in [1.807, 2.05) is 13.0 Å². The molecule has 0 bridgehead atoms. The van der Waals surface area contributed by atoms with Gasteiger partial charge in [0.15, 0.2) is 0 Å². The summed E-state index contributed by atoms with van der Waals surface area (Å²) in [7, 11) is 0. The van der Waals surface area contributed by atoms with Gasteiger partial charge in [-0.2, -0.15) is 0 Å². The third-order valence-electron chi connectivity index (χ3n) is 3.18. The van der Waals surface area contributed by atoms with Gasteiger partial charge >= 0.3 is 5.97 Å². The lowest BCUT2D eigenvalue weighted by Crippen LogP contribution is -2.40. The van der Waals surface area contributed by atoms with E-state index in [1.165, 1.54) is 6.26 Å². The fourth-order valence-electron chi connectivity index (χ4n) is 2.06. The standard InChI is InChI=1S/C15H17NO4/c1-2-3-7-12(15(18)19)16-14(17)11-9-20-13-8-5-4-6-10(11)13/h4-6,8-9,12H,2-3,7H2,1H3,(H,16,17)(H,18,19).